The SMILES string of the molecule is CC[C@H](C)[C@@H]([C@@H](CC(=O)N1CCC[C@H]1[C@H](OC)[C@@H](C)C(=S)N[C@@H](Cc1ccccc1)c1nccs1)OC)N(C)[C@H](C(=O)NC(=O)C(C)(C)N)C(C)C. The number of nitrogens with zero attached hydrogens (tertiary/aromatic N) is 3. The maximum absolute atomic E-state index is 14.3. The molecule has 52 heavy (non-hydrogen) atoms. The Kier molecular flexibility index (Phi) is 16.8. The van der Waals surface area contributed by atoms with Crippen molar-refractivity contribution in [1.82, 2.24) is 25.4 Å². The molecule has 0 unspecified atom stereocenters. The van der Waals surface area contributed by atoms with Gasteiger partial charge in [-0.25, -0.2) is 4.98 Å². The summed E-state index contributed by atoms with van der Waals surface area (Å²) in [5, 5.41) is 9.05. The van der Waals surface area contributed by atoms with Crippen molar-refractivity contribution in [2.24, 2.45) is 23.5 Å². The lowest BCUT2D eigenvalue weighted by Gasteiger charge is -2.43. The zero-order valence-electron chi connectivity index (χ0n) is 32.8. The quantitative estimate of drug-likeness (QED) is 0.165. The number of benzene rings is 1. The van der Waals surface area contributed by atoms with Crippen molar-refractivity contribution in [2.45, 2.75) is 122 Å². The van der Waals surface area contributed by atoms with Gasteiger partial charge < -0.3 is 25.4 Å². The van der Waals surface area contributed by atoms with Crippen molar-refractivity contribution in [1.29, 1.82) is 0 Å². The molecule has 11 nitrogen and oxygen atoms in total. The number of carbonyl (C=O) groups is 3. The van der Waals surface area contributed by atoms with Crippen LogP contribution in [0, 0.1) is 17.8 Å². The summed E-state index contributed by atoms with van der Waals surface area (Å²) >= 11 is 7.62. The van der Waals surface area contributed by atoms with Crippen molar-refractivity contribution in [2.75, 3.05) is 27.8 Å². The minimum absolute atomic E-state index is 0.0282. The van der Waals surface area contributed by atoms with Crippen LogP contribution in [0.1, 0.15) is 90.8 Å². The molecule has 0 spiro atoms. The Labute approximate surface area is 320 Å². The lowest BCUT2D eigenvalue weighted by molar-refractivity contribution is -0.141. The Morgan fingerprint density at radius 1 is 1.13 bits per heavy atom. The number of aromatic nitrogens is 1. The van der Waals surface area contributed by atoms with Crippen LogP contribution in [0.4, 0.5) is 0 Å². The first-order chi connectivity index (χ1) is 24.5. The van der Waals surface area contributed by atoms with Crippen molar-refractivity contribution in [3.8, 4) is 0 Å². The molecule has 13 heteroatoms. The van der Waals surface area contributed by atoms with E-state index in [9.17, 15) is 14.4 Å². The number of imide groups is 1. The van der Waals surface area contributed by atoms with Crippen LogP contribution in [0.3, 0.4) is 0 Å². The van der Waals surface area contributed by atoms with E-state index in [0.717, 1.165) is 30.7 Å². The van der Waals surface area contributed by atoms with Gasteiger partial charge in [-0.2, -0.15) is 0 Å². The van der Waals surface area contributed by atoms with Gasteiger partial charge in [-0.05, 0) is 57.6 Å². The molecule has 1 saturated heterocycles. The van der Waals surface area contributed by atoms with Crippen LogP contribution in [0.5, 0.6) is 0 Å². The molecule has 0 saturated carbocycles. The number of rotatable bonds is 19. The second-order valence-corrected chi connectivity index (χ2v) is 16.5. The van der Waals surface area contributed by atoms with Crippen LogP contribution < -0.4 is 16.4 Å². The summed E-state index contributed by atoms with van der Waals surface area (Å²) in [4.78, 5) is 49.7. The zero-order valence-corrected chi connectivity index (χ0v) is 34.4. The van der Waals surface area contributed by atoms with E-state index in [2.05, 4.69) is 48.5 Å². The number of likely N-dealkylation sites (N-methyl/N-ethyl adjacent to an activating group) is 1. The molecule has 1 fully saturated rings. The molecule has 0 aliphatic carbocycles. The topological polar surface area (TPSA) is 139 Å². The predicted octanol–water partition coefficient (Wildman–Crippen LogP) is 5.14. The second-order valence-electron chi connectivity index (χ2n) is 15.2. The Bertz CT molecular complexity index is 1440. The van der Waals surface area contributed by atoms with Crippen molar-refractivity contribution in [3.05, 3.63) is 52.5 Å². The summed E-state index contributed by atoms with van der Waals surface area (Å²) in [6, 6.07) is 9.07. The average molecular weight is 759 g/mol. The zero-order chi connectivity index (χ0) is 38.7. The van der Waals surface area contributed by atoms with E-state index in [1.807, 2.05) is 60.5 Å². The van der Waals surface area contributed by atoms with Crippen LogP contribution in [0.25, 0.3) is 0 Å². The lowest BCUT2D eigenvalue weighted by atomic mass is 9.87. The summed E-state index contributed by atoms with van der Waals surface area (Å²) in [5.41, 5.74) is 5.96. The summed E-state index contributed by atoms with van der Waals surface area (Å²) in [6.07, 6.45) is 4.29. The predicted molar refractivity (Wildman–Crippen MR) is 212 cm³/mol. The van der Waals surface area contributed by atoms with E-state index in [-0.39, 0.29) is 54.3 Å². The van der Waals surface area contributed by atoms with Gasteiger partial charge in [0.2, 0.25) is 17.7 Å². The number of hydrogen-bond acceptors (Lipinski definition) is 10. The molecule has 2 heterocycles. The van der Waals surface area contributed by atoms with E-state index in [4.69, 9.17) is 27.4 Å². The number of likely N-dealkylation sites (tertiary alicyclic amines) is 1. The third-order valence-corrected chi connectivity index (χ3v) is 11.8. The van der Waals surface area contributed by atoms with Crippen LogP contribution in [0.15, 0.2) is 41.9 Å². The molecule has 0 bridgehead atoms. The summed E-state index contributed by atoms with van der Waals surface area (Å²) < 4.78 is 12.2. The van der Waals surface area contributed by atoms with Crippen molar-refractivity contribution in [3.63, 3.8) is 0 Å². The van der Waals surface area contributed by atoms with Crippen LogP contribution in [0.2, 0.25) is 0 Å². The molecular formula is C39H62N6O5S2. The minimum Gasteiger partial charge on any atom is -0.379 e. The third kappa shape index (κ3) is 11.3. The molecular weight excluding hydrogens is 697 g/mol. The highest BCUT2D eigenvalue weighted by molar-refractivity contribution is 7.80. The van der Waals surface area contributed by atoms with Gasteiger partial charge >= 0.3 is 0 Å². The monoisotopic (exact) mass is 758 g/mol. The molecule has 3 amide bonds. The van der Waals surface area contributed by atoms with E-state index < -0.39 is 29.5 Å². The number of ether oxygens (including phenoxy) is 2. The molecule has 290 valence electrons. The Hall–Kier alpha value is -2.81. The first-order valence-corrected chi connectivity index (χ1v) is 19.8. The molecule has 1 aliphatic heterocycles. The summed E-state index contributed by atoms with van der Waals surface area (Å²) in [5.74, 6) is -1.23. The Morgan fingerprint density at radius 3 is 2.35 bits per heavy atom. The second kappa shape index (κ2) is 20.0. The van der Waals surface area contributed by atoms with Crippen LogP contribution in [-0.4, -0.2) is 101 Å². The number of carbonyl (C=O) groups excluding carboxylic acids is 3. The molecule has 1 aromatic heterocycles. The fourth-order valence-corrected chi connectivity index (χ4v) is 8.41. The maximum Gasteiger partial charge on any atom is 0.246 e. The van der Waals surface area contributed by atoms with Gasteiger partial charge in [0.1, 0.15) is 5.01 Å². The lowest BCUT2D eigenvalue weighted by Crippen LogP contribution is -2.60. The molecule has 2 aromatic rings. The largest absolute Gasteiger partial charge is 0.379 e. The highest BCUT2D eigenvalue weighted by Gasteiger charge is 2.43. The van der Waals surface area contributed by atoms with Crippen molar-refractivity contribution < 1.29 is 23.9 Å². The van der Waals surface area contributed by atoms with E-state index in [1.165, 1.54) is 5.56 Å². The molecule has 1 aromatic carbocycles. The number of amides is 3. The van der Waals surface area contributed by atoms with Gasteiger partial charge in [-0.15, -0.1) is 11.3 Å². The highest BCUT2D eigenvalue weighted by Crippen LogP contribution is 2.31. The van der Waals surface area contributed by atoms with E-state index >= 15 is 0 Å². The summed E-state index contributed by atoms with van der Waals surface area (Å²) in [6.45, 7) is 13.9. The van der Waals surface area contributed by atoms with Crippen molar-refractivity contribution >= 4 is 46.3 Å². The molecule has 3 rings (SSSR count). The first kappa shape index (κ1) is 43.6. The molecule has 4 N–H and O–H groups in total. The first-order valence-electron chi connectivity index (χ1n) is 18.5. The fraction of sp³-hybridized carbons (Fsp3) is 0.667. The van der Waals surface area contributed by atoms with Crippen LogP contribution >= 0.6 is 23.6 Å². The van der Waals surface area contributed by atoms with E-state index in [0.29, 0.717) is 11.5 Å². The number of hydrogen-bond donors (Lipinski definition) is 3. The normalized spacial score (nSPS) is 19.1. The van der Waals surface area contributed by atoms with Crippen LogP contribution in [-0.2, 0) is 30.3 Å². The fourth-order valence-electron chi connectivity index (χ4n) is 7.44. The smallest absolute Gasteiger partial charge is 0.246 e. The molecule has 0 radical (unpaired) electrons. The standard InChI is InChI=1S/C39H62N6O5S2/c1-11-25(4)33(44(8)32(24(2)3)35(47)43-38(48)39(6,7)40)30(49-9)23-31(46)45-20-15-18-29(45)34(50-10)26(5)36(51)42-28(37-41-19-21-52-37)22-27-16-13-12-14-17-27/h12-14,16-17,19,21,24-26,28-30,32-34H,11,15,18,20,22-23,40H2,1-10H3,(H,42,51)(H,43,47,48)/t25-,26+,28-,29-,30+,32-,33-,34+/m0/s1. The van der Waals surface area contributed by atoms with Gasteiger partial charge in [-0.3, -0.25) is 24.6 Å². The summed E-state index contributed by atoms with van der Waals surface area (Å²) in [7, 11) is 5.18. The van der Waals surface area contributed by atoms with E-state index in [1.54, 1.807) is 39.4 Å². The van der Waals surface area contributed by atoms with Gasteiger partial charge in [0.05, 0.1) is 47.3 Å². The van der Waals surface area contributed by atoms with Gasteiger partial charge in [0.15, 0.2) is 0 Å². The number of nitrogens with two attached hydrogens (primary N) is 1. The number of thiocarbonyl (C=S) groups is 1. The molecule has 8 atom stereocenters. The molecule has 1 aliphatic rings. The number of nitrogens with one attached hydrogen (secondary N) is 2. The maximum atomic E-state index is 14.3. The Morgan fingerprint density at radius 2 is 1.81 bits per heavy atom. The van der Waals surface area contributed by atoms with Gasteiger partial charge in [0, 0.05) is 44.3 Å². The average Bonchev–Trinajstić information content (AvgIpc) is 3.81. The third-order valence-electron chi connectivity index (χ3n) is 10.4. The Balaban J connectivity index is 1.79. The number of methoxy groups -OCH3 is 2. The highest BCUT2D eigenvalue weighted by atomic mass is 32.1. The van der Waals surface area contributed by atoms with Gasteiger partial charge in [-0.1, -0.05) is 83.6 Å². The minimum atomic E-state index is -1.21. The number of thiazole rings is 1. The van der Waals surface area contributed by atoms with Gasteiger partial charge in [0.25, 0.3) is 0 Å².